The average Bonchev–Trinajstić information content (AvgIpc) is 3.20. The molecule has 0 atom stereocenters. The van der Waals surface area contributed by atoms with Crippen LogP contribution in [-0.4, -0.2) is 35.7 Å². The lowest BCUT2D eigenvalue weighted by Crippen LogP contribution is -2.25. The normalized spacial score (nSPS) is 10.8. The minimum atomic E-state index is -0.132. The Morgan fingerprint density at radius 3 is 2.58 bits per heavy atom. The van der Waals surface area contributed by atoms with E-state index in [4.69, 9.17) is 14.5 Å². The molecule has 1 amide bonds. The van der Waals surface area contributed by atoms with Gasteiger partial charge in [-0.05, 0) is 49.7 Å². The number of ether oxygens (including phenoxy) is 2. The highest BCUT2D eigenvalue weighted by molar-refractivity contribution is 5.96. The van der Waals surface area contributed by atoms with Crippen molar-refractivity contribution in [1.82, 2.24) is 14.9 Å². The summed E-state index contributed by atoms with van der Waals surface area (Å²) in [6.07, 6.45) is 1.54. The highest BCUT2D eigenvalue weighted by atomic mass is 16.5. The zero-order chi connectivity index (χ0) is 23.0. The number of fused-ring (bicyclic) bond motifs is 1. The molecule has 6 nitrogen and oxygen atoms in total. The molecule has 170 valence electrons. The number of rotatable bonds is 10. The molecule has 0 saturated carbocycles. The van der Waals surface area contributed by atoms with Crippen molar-refractivity contribution in [2.45, 2.75) is 26.3 Å². The van der Waals surface area contributed by atoms with E-state index in [1.54, 1.807) is 19.2 Å². The highest BCUT2D eigenvalue weighted by Crippen LogP contribution is 2.19. The number of carbonyl (C=O) groups excluding carboxylic acids is 1. The molecule has 0 unspecified atom stereocenters. The molecule has 4 rings (SSSR count). The van der Waals surface area contributed by atoms with E-state index in [1.165, 1.54) is 5.56 Å². The van der Waals surface area contributed by atoms with Gasteiger partial charge in [-0.3, -0.25) is 4.79 Å². The number of imidazole rings is 1. The van der Waals surface area contributed by atoms with Crippen LogP contribution in [0.2, 0.25) is 0 Å². The lowest BCUT2D eigenvalue weighted by molar-refractivity contribution is 0.0950. The smallest absolute Gasteiger partial charge is 0.255 e. The third-order valence-electron chi connectivity index (χ3n) is 5.55. The van der Waals surface area contributed by atoms with Crippen LogP contribution >= 0.6 is 0 Å². The largest absolute Gasteiger partial charge is 0.496 e. The predicted octanol–water partition coefficient (Wildman–Crippen LogP) is 4.79. The lowest BCUT2D eigenvalue weighted by Gasteiger charge is -2.12. The maximum Gasteiger partial charge on any atom is 0.255 e. The molecule has 1 N–H and O–H groups in total. The quantitative estimate of drug-likeness (QED) is 0.358. The third kappa shape index (κ3) is 5.52. The standard InChI is InChI=1S/C27H29N3O3/c1-20-13-15-21(16-14-20)33-19-18-30-24-10-5-4-9-23(24)29-26(30)12-7-17-28-27(31)22-8-3-6-11-25(22)32-2/h3-6,8-11,13-16H,7,12,17-19H2,1-2H3,(H,28,31). The van der Waals surface area contributed by atoms with Crippen LogP contribution < -0.4 is 14.8 Å². The van der Waals surface area contributed by atoms with Gasteiger partial charge in [0, 0.05) is 13.0 Å². The molecule has 3 aromatic carbocycles. The number of hydrogen-bond donors (Lipinski definition) is 1. The van der Waals surface area contributed by atoms with Gasteiger partial charge in [0.05, 0.1) is 30.3 Å². The number of carbonyl (C=O) groups is 1. The molecule has 1 heterocycles. The predicted molar refractivity (Wildman–Crippen MR) is 130 cm³/mol. The lowest BCUT2D eigenvalue weighted by atomic mass is 10.2. The van der Waals surface area contributed by atoms with Crippen LogP contribution in [-0.2, 0) is 13.0 Å². The van der Waals surface area contributed by atoms with Crippen LogP contribution in [0.4, 0.5) is 0 Å². The number of nitrogens with zero attached hydrogens (tertiary/aromatic N) is 2. The van der Waals surface area contributed by atoms with Gasteiger partial charge < -0.3 is 19.4 Å². The molecule has 4 aromatic rings. The van der Waals surface area contributed by atoms with Crippen molar-refractivity contribution in [2.24, 2.45) is 0 Å². The van der Waals surface area contributed by atoms with E-state index in [0.717, 1.165) is 35.4 Å². The van der Waals surface area contributed by atoms with Crippen molar-refractivity contribution >= 4 is 16.9 Å². The molecule has 1 aromatic heterocycles. The Hall–Kier alpha value is -3.80. The summed E-state index contributed by atoms with van der Waals surface area (Å²) < 4.78 is 13.4. The first-order valence-corrected chi connectivity index (χ1v) is 11.2. The molecule has 33 heavy (non-hydrogen) atoms. The fourth-order valence-electron chi connectivity index (χ4n) is 3.83. The van der Waals surface area contributed by atoms with Gasteiger partial charge >= 0.3 is 0 Å². The summed E-state index contributed by atoms with van der Waals surface area (Å²) in [7, 11) is 1.57. The van der Waals surface area contributed by atoms with Gasteiger partial charge in [0.1, 0.15) is 23.9 Å². The van der Waals surface area contributed by atoms with E-state index in [0.29, 0.717) is 31.0 Å². The Morgan fingerprint density at radius 2 is 1.76 bits per heavy atom. The fraction of sp³-hybridized carbons (Fsp3) is 0.259. The fourth-order valence-corrected chi connectivity index (χ4v) is 3.83. The number of hydrogen-bond acceptors (Lipinski definition) is 4. The van der Waals surface area contributed by atoms with Gasteiger partial charge in [0.2, 0.25) is 0 Å². The molecule has 0 aliphatic carbocycles. The summed E-state index contributed by atoms with van der Waals surface area (Å²) in [6.45, 7) is 3.88. The van der Waals surface area contributed by atoms with E-state index < -0.39 is 0 Å². The third-order valence-corrected chi connectivity index (χ3v) is 5.55. The van der Waals surface area contributed by atoms with Crippen LogP contribution in [0.5, 0.6) is 11.5 Å². The van der Waals surface area contributed by atoms with Crippen molar-refractivity contribution in [3.63, 3.8) is 0 Å². The van der Waals surface area contributed by atoms with E-state index in [2.05, 4.69) is 22.9 Å². The number of aryl methyl sites for hydroxylation is 2. The van der Waals surface area contributed by atoms with Crippen LogP contribution in [0.25, 0.3) is 11.0 Å². The molecular weight excluding hydrogens is 414 g/mol. The first-order valence-electron chi connectivity index (χ1n) is 11.2. The van der Waals surface area contributed by atoms with Gasteiger partial charge in [-0.2, -0.15) is 0 Å². The second-order valence-corrected chi connectivity index (χ2v) is 7.89. The first-order chi connectivity index (χ1) is 16.2. The Kier molecular flexibility index (Phi) is 7.25. The molecule has 0 aliphatic heterocycles. The van der Waals surface area contributed by atoms with E-state index in [9.17, 15) is 4.79 Å². The number of aromatic nitrogens is 2. The maximum absolute atomic E-state index is 12.5. The summed E-state index contributed by atoms with van der Waals surface area (Å²) in [6, 6.07) is 23.5. The number of para-hydroxylation sites is 3. The van der Waals surface area contributed by atoms with Crippen LogP contribution in [0.3, 0.4) is 0 Å². The van der Waals surface area contributed by atoms with Crippen LogP contribution in [0.15, 0.2) is 72.8 Å². The van der Waals surface area contributed by atoms with Gasteiger partial charge in [0.25, 0.3) is 5.91 Å². The first kappa shape index (κ1) is 22.4. The molecular formula is C27H29N3O3. The Morgan fingerprint density at radius 1 is 1.00 bits per heavy atom. The minimum absolute atomic E-state index is 0.132. The summed E-state index contributed by atoms with van der Waals surface area (Å²) in [5, 5.41) is 2.99. The van der Waals surface area contributed by atoms with Crippen LogP contribution in [0, 0.1) is 6.92 Å². The summed E-state index contributed by atoms with van der Waals surface area (Å²) in [4.78, 5) is 17.3. The molecule has 0 spiro atoms. The second kappa shape index (κ2) is 10.7. The van der Waals surface area contributed by atoms with E-state index in [1.807, 2.05) is 54.6 Å². The van der Waals surface area contributed by atoms with Gasteiger partial charge in [-0.1, -0.05) is 42.0 Å². The van der Waals surface area contributed by atoms with E-state index in [-0.39, 0.29) is 5.91 Å². The Bertz CT molecular complexity index is 1220. The number of amides is 1. The second-order valence-electron chi connectivity index (χ2n) is 7.89. The van der Waals surface area contributed by atoms with Crippen LogP contribution in [0.1, 0.15) is 28.2 Å². The van der Waals surface area contributed by atoms with Crippen molar-refractivity contribution in [2.75, 3.05) is 20.3 Å². The monoisotopic (exact) mass is 443 g/mol. The Labute approximate surface area is 194 Å². The zero-order valence-corrected chi connectivity index (χ0v) is 19.1. The molecule has 0 fully saturated rings. The summed E-state index contributed by atoms with van der Waals surface area (Å²) in [5.41, 5.74) is 3.82. The van der Waals surface area contributed by atoms with Crippen molar-refractivity contribution in [3.8, 4) is 11.5 Å². The van der Waals surface area contributed by atoms with Crippen molar-refractivity contribution in [3.05, 3.63) is 89.7 Å². The van der Waals surface area contributed by atoms with E-state index >= 15 is 0 Å². The Balaban J connectivity index is 1.37. The molecule has 0 radical (unpaired) electrons. The average molecular weight is 444 g/mol. The minimum Gasteiger partial charge on any atom is -0.496 e. The number of nitrogens with one attached hydrogen (secondary N) is 1. The van der Waals surface area contributed by atoms with Crippen molar-refractivity contribution < 1.29 is 14.3 Å². The molecule has 6 heteroatoms. The topological polar surface area (TPSA) is 65.4 Å². The van der Waals surface area contributed by atoms with Gasteiger partial charge in [0.15, 0.2) is 0 Å². The summed E-state index contributed by atoms with van der Waals surface area (Å²) in [5.74, 6) is 2.30. The molecule has 0 aliphatic rings. The van der Waals surface area contributed by atoms with Gasteiger partial charge in [-0.15, -0.1) is 0 Å². The molecule has 0 saturated heterocycles. The SMILES string of the molecule is COc1ccccc1C(=O)NCCCc1nc2ccccc2n1CCOc1ccc(C)cc1. The zero-order valence-electron chi connectivity index (χ0n) is 19.1. The molecule has 0 bridgehead atoms. The highest BCUT2D eigenvalue weighted by Gasteiger charge is 2.13. The number of methoxy groups -OCH3 is 1. The summed E-state index contributed by atoms with van der Waals surface area (Å²) >= 11 is 0. The van der Waals surface area contributed by atoms with Crippen molar-refractivity contribution in [1.29, 1.82) is 0 Å². The van der Waals surface area contributed by atoms with Gasteiger partial charge in [-0.25, -0.2) is 4.98 Å². The number of benzene rings is 3. The maximum atomic E-state index is 12.5.